The van der Waals surface area contributed by atoms with Crippen molar-refractivity contribution in [2.45, 2.75) is 25.7 Å². The Kier molecular flexibility index (Phi) is 2.48. The predicted octanol–water partition coefficient (Wildman–Crippen LogP) is 1.51. The molecule has 1 aliphatic rings. The number of fused-ring (bicyclic) bond motifs is 1. The fourth-order valence-electron chi connectivity index (χ4n) is 2.32. The van der Waals surface area contributed by atoms with E-state index < -0.39 is 0 Å². The lowest BCUT2D eigenvalue weighted by atomic mass is 9.94. The molecule has 0 bridgehead atoms. The summed E-state index contributed by atoms with van der Waals surface area (Å²) in [6.45, 7) is 3.57. The first-order chi connectivity index (χ1) is 8.25. The number of nitrogen functional groups attached to an aromatic ring is 1. The Morgan fingerprint density at radius 2 is 2.18 bits per heavy atom. The van der Waals surface area contributed by atoms with Gasteiger partial charge in [-0.25, -0.2) is 9.50 Å². The third kappa shape index (κ3) is 1.76. The SMILES string of the molecule is Cc1nn2cc(C3CCOCC3)cnc2c1N. The van der Waals surface area contributed by atoms with E-state index in [2.05, 4.69) is 10.1 Å². The second kappa shape index (κ2) is 4.00. The van der Waals surface area contributed by atoms with Gasteiger partial charge in [0.05, 0.1) is 5.69 Å². The number of ether oxygens (including phenoxy) is 1. The maximum absolute atomic E-state index is 5.90. The molecule has 2 N–H and O–H groups in total. The van der Waals surface area contributed by atoms with Gasteiger partial charge < -0.3 is 10.5 Å². The van der Waals surface area contributed by atoms with Crippen LogP contribution >= 0.6 is 0 Å². The molecule has 2 aromatic heterocycles. The summed E-state index contributed by atoms with van der Waals surface area (Å²) >= 11 is 0. The molecule has 0 aliphatic carbocycles. The van der Waals surface area contributed by atoms with Gasteiger partial charge in [-0.15, -0.1) is 0 Å². The summed E-state index contributed by atoms with van der Waals surface area (Å²) < 4.78 is 7.16. The zero-order valence-corrected chi connectivity index (χ0v) is 9.89. The zero-order valence-electron chi connectivity index (χ0n) is 9.89. The molecule has 0 atom stereocenters. The van der Waals surface area contributed by atoms with Crippen molar-refractivity contribution in [3.05, 3.63) is 23.7 Å². The Morgan fingerprint density at radius 3 is 2.94 bits per heavy atom. The largest absolute Gasteiger partial charge is 0.394 e. The van der Waals surface area contributed by atoms with Gasteiger partial charge in [0.2, 0.25) is 0 Å². The summed E-state index contributed by atoms with van der Waals surface area (Å²) in [6.07, 6.45) is 6.08. The first-order valence-electron chi connectivity index (χ1n) is 5.94. The van der Waals surface area contributed by atoms with Crippen LogP contribution in [0.2, 0.25) is 0 Å². The fourth-order valence-corrected chi connectivity index (χ4v) is 2.32. The van der Waals surface area contributed by atoms with Gasteiger partial charge in [-0.2, -0.15) is 5.10 Å². The minimum absolute atomic E-state index is 0.534. The van der Waals surface area contributed by atoms with Crippen molar-refractivity contribution in [2.75, 3.05) is 18.9 Å². The lowest BCUT2D eigenvalue weighted by Crippen LogP contribution is -2.14. The molecule has 2 aromatic rings. The van der Waals surface area contributed by atoms with Crippen molar-refractivity contribution in [1.29, 1.82) is 0 Å². The molecule has 0 spiro atoms. The second-order valence-corrected chi connectivity index (χ2v) is 4.54. The molecule has 0 radical (unpaired) electrons. The maximum Gasteiger partial charge on any atom is 0.178 e. The lowest BCUT2D eigenvalue weighted by molar-refractivity contribution is 0.0852. The smallest absolute Gasteiger partial charge is 0.178 e. The van der Waals surface area contributed by atoms with Crippen molar-refractivity contribution >= 4 is 11.3 Å². The first kappa shape index (κ1) is 10.5. The average Bonchev–Trinajstić information content (AvgIpc) is 2.66. The van der Waals surface area contributed by atoms with Crippen LogP contribution in [0.15, 0.2) is 12.4 Å². The Bertz CT molecular complexity index is 543. The van der Waals surface area contributed by atoms with Gasteiger partial charge in [0.15, 0.2) is 5.65 Å². The highest BCUT2D eigenvalue weighted by Crippen LogP contribution is 2.27. The van der Waals surface area contributed by atoms with Crippen molar-refractivity contribution < 1.29 is 4.74 Å². The van der Waals surface area contributed by atoms with E-state index in [4.69, 9.17) is 10.5 Å². The third-order valence-corrected chi connectivity index (χ3v) is 3.41. The first-order valence-corrected chi connectivity index (χ1v) is 5.94. The minimum Gasteiger partial charge on any atom is -0.394 e. The van der Waals surface area contributed by atoms with Crippen LogP contribution in [0.5, 0.6) is 0 Å². The van der Waals surface area contributed by atoms with Gasteiger partial charge in [-0.3, -0.25) is 0 Å². The molecule has 5 nitrogen and oxygen atoms in total. The molecule has 1 fully saturated rings. The van der Waals surface area contributed by atoms with Crippen molar-refractivity contribution in [3.8, 4) is 0 Å². The molecule has 0 saturated carbocycles. The molecule has 5 heteroatoms. The van der Waals surface area contributed by atoms with Crippen LogP contribution < -0.4 is 5.73 Å². The summed E-state index contributed by atoms with van der Waals surface area (Å²) in [7, 11) is 0. The average molecular weight is 232 g/mol. The second-order valence-electron chi connectivity index (χ2n) is 4.54. The number of hydrogen-bond acceptors (Lipinski definition) is 4. The number of hydrogen-bond donors (Lipinski definition) is 1. The normalized spacial score (nSPS) is 17.7. The Balaban J connectivity index is 2.01. The summed E-state index contributed by atoms with van der Waals surface area (Å²) in [4.78, 5) is 4.41. The van der Waals surface area contributed by atoms with Crippen molar-refractivity contribution in [2.24, 2.45) is 0 Å². The van der Waals surface area contributed by atoms with Gasteiger partial charge in [-0.05, 0) is 31.2 Å². The van der Waals surface area contributed by atoms with Gasteiger partial charge in [0.1, 0.15) is 5.69 Å². The van der Waals surface area contributed by atoms with E-state index in [1.54, 1.807) is 4.52 Å². The number of nitrogens with two attached hydrogens (primary N) is 1. The molecule has 17 heavy (non-hydrogen) atoms. The molecule has 3 rings (SSSR count). The molecular weight excluding hydrogens is 216 g/mol. The van der Waals surface area contributed by atoms with Crippen LogP contribution in [0.3, 0.4) is 0 Å². The molecule has 1 saturated heterocycles. The molecule has 1 aliphatic heterocycles. The monoisotopic (exact) mass is 232 g/mol. The number of nitrogens with zero attached hydrogens (tertiary/aromatic N) is 3. The van der Waals surface area contributed by atoms with E-state index >= 15 is 0 Å². The van der Waals surface area contributed by atoms with Gasteiger partial charge >= 0.3 is 0 Å². The van der Waals surface area contributed by atoms with Crippen molar-refractivity contribution in [3.63, 3.8) is 0 Å². The van der Waals surface area contributed by atoms with E-state index in [0.717, 1.165) is 37.4 Å². The predicted molar refractivity (Wildman–Crippen MR) is 64.9 cm³/mol. The highest BCUT2D eigenvalue weighted by atomic mass is 16.5. The van der Waals surface area contributed by atoms with Crippen LogP contribution in [0, 0.1) is 6.92 Å². The molecular formula is C12H16N4O. The summed E-state index contributed by atoms with van der Waals surface area (Å²) in [6, 6.07) is 0. The highest BCUT2D eigenvalue weighted by Gasteiger charge is 2.17. The number of aromatic nitrogens is 3. The van der Waals surface area contributed by atoms with Crippen LogP contribution in [0.4, 0.5) is 5.69 Å². The Labute approximate surface area is 99.6 Å². The Morgan fingerprint density at radius 1 is 1.41 bits per heavy atom. The standard InChI is InChI=1S/C12H16N4O/c1-8-11(13)12-14-6-10(7-16(12)15-8)9-2-4-17-5-3-9/h6-7,9H,2-5,13H2,1H3. The summed E-state index contributed by atoms with van der Waals surface area (Å²) in [5.41, 5.74) is 9.38. The molecule has 0 aromatic carbocycles. The summed E-state index contributed by atoms with van der Waals surface area (Å²) in [5.74, 6) is 0.534. The molecule has 90 valence electrons. The Hall–Kier alpha value is -1.62. The summed E-state index contributed by atoms with van der Waals surface area (Å²) in [5, 5.41) is 4.37. The maximum atomic E-state index is 5.90. The van der Waals surface area contributed by atoms with Gasteiger partial charge in [0, 0.05) is 25.6 Å². The van der Waals surface area contributed by atoms with E-state index in [1.165, 1.54) is 5.56 Å². The number of rotatable bonds is 1. The minimum atomic E-state index is 0.534. The van der Waals surface area contributed by atoms with Crippen LogP contribution in [0.25, 0.3) is 5.65 Å². The molecule has 0 unspecified atom stereocenters. The van der Waals surface area contributed by atoms with Gasteiger partial charge in [0.25, 0.3) is 0 Å². The van der Waals surface area contributed by atoms with E-state index in [-0.39, 0.29) is 0 Å². The van der Waals surface area contributed by atoms with E-state index in [9.17, 15) is 0 Å². The topological polar surface area (TPSA) is 65.4 Å². The highest BCUT2D eigenvalue weighted by molar-refractivity contribution is 5.66. The lowest BCUT2D eigenvalue weighted by Gasteiger charge is -2.21. The van der Waals surface area contributed by atoms with Crippen LogP contribution in [0.1, 0.15) is 30.0 Å². The third-order valence-electron chi connectivity index (χ3n) is 3.41. The molecule has 0 amide bonds. The number of anilines is 1. The van der Waals surface area contributed by atoms with Crippen LogP contribution in [-0.2, 0) is 4.74 Å². The van der Waals surface area contributed by atoms with Crippen molar-refractivity contribution in [1.82, 2.24) is 14.6 Å². The number of aryl methyl sites for hydroxylation is 1. The van der Waals surface area contributed by atoms with E-state index in [0.29, 0.717) is 11.6 Å². The van der Waals surface area contributed by atoms with Crippen LogP contribution in [-0.4, -0.2) is 27.8 Å². The quantitative estimate of drug-likeness (QED) is 0.809. The van der Waals surface area contributed by atoms with Gasteiger partial charge in [-0.1, -0.05) is 0 Å². The molecule has 3 heterocycles. The zero-order chi connectivity index (χ0) is 11.8. The van der Waals surface area contributed by atoms with E-state index in [1.807, 2.05) is 19.3 Å². The fraction of sp³-hybridized carbons (Fsp3) is 0.500.